The first kappa shape index (κ1) is 25.5. The molecule has 0 aliphatic heterocycles. The summed E-state index contributed by atoms with van der Waals surface area (Å²) in [4.78, 5) is 11.5. The van der Waals surface area contributed by atoms with Gasteiger partial charge in [-0.15, -0.1) is 0 Å². The van der Waals surface area contributed by atoms with Crippen LogP contribution in [0.25, 0.3) is 0 Å². The second kappa shape index (κ2) is 10.5. The summed E-state index contributed by atoms with van der Waals surface area (Å²) in [6.45, 7) is 0. The van der Waals surface area contributed by atoms with E-state index in [0.29, 0.717) is 28.9 Å². The Hall–Kier alpha value is -3.08. The Morgan fingerprint density at radius 3 is 2.38 bits per heavy atom. The average molecular weight is 531 g/mol. The summed E-state index contributed by atoms with van der Waals surface area (Å²) in [7, 11) is -4.60. The molecule has 0 aromatic heterocycles. The monoisotopic (exact) mass is 530 g/mol. The van der Waals surface area contributed by atoms with E-state index >= 15 is 0 Å². The van der Waals surface area contributed by atoms with Crippen molar-refractivity contribution in [2.45, 2.75) is 17.5 Å². The molecule has 1 amide bonds. The van der Waals surface area contributed by atoms with Crippen molar-refractivity contribution >= 4 is 45.4 Å². The summed E-state index contributed by atoms with van der Waals surface area (Å²) < 4.78 is 70.6. The Morgan fingerprint density at radius 2 is 1.74 bits per heavy atom. The minimum Gasteiger partial charge on any atom is -0.379 e. The predicted molar refractivity (Wildman–Crippen MR) is 122 cm³/mol. The molecular formula is C22H15Cl2F3N2O4S. The van der Waals surface area contributed by atoms with Crippen LogP contribution in [0.1, 0.15) is 16.7 Å². The molecule has 0 saturated carbocycles. The Balaban J connectivity index is 1.92. The molecule has 0 saturated heterocycles. The van der Waals surface area contributed by atoms with Crippen molar-refractivity contribution in [2.75, 3.05) is 0 Å². The standard InChI is InChI=1S/C22H15Cl2F3N2O4S/c23-15-6-4-5-14(11-15)12-20(30)29-28-13-17-19(10-9-18(21(17)24)22(25,26)27)34(31,32)33-16-7-2-1-3-8-16/h1-11,13H,12H2,(H,29,30)/b28-13+. The lowest BCUT2D eigenvalue weighted by Crippen LogP contribution is -2.20. The zero-order chi connectivity index (χ0) is 24.9. The summed E-state index contributed by atoms with van der Waals surface area (Å²) >= 11 is 11.8. The molecule has 0 spiro atoms. The second-order valence-corrected chi connectivity index (χ2v) is 9.12. The third-order valence-corrected chi connectivity index (χ3v) is 6.25. The number of rotatable bonds is 7. The normalized spacial score (nSPS) is 12.0. The average Bonchev–Trinajstić information content (AvgIpc) is 2.74. The third kappa shape index (κ3) is 6.49. The van der Waals surface area contributed by atoms with Crippen molar-refractivity contribution in [1.29, 1.82) is 0 Å². The van der Waals surface area contributed by atoms with Crippen LogP contribution >= 0.6 is 23.2 Å². The van der Waals surface area contributed by atoms with Crippen molar-refractivity contribution in [3.05, 3.63) is 93.5 Å². The highest BCUT2D eigenvalue weighted by molar-refractivity contribution is 7.87. The van der Waals surface area contributed by atoms with Crippen LogP contribution in [0.15, 0.2) is 76.7 Å². The van der Waals surface area contributed by atoms with E-state index in [9.17, 15) is 26.4 Å². The van der Waals surface area contributed by atoms with Gasteiger partial charge < -0.3 is 4.18 Å². The van der Waals surface area contributed by atoms with Crippen molar-refractivity contribution in [1.82, 2.24) is 5.43 Å². The molecule has 12 heteroatoms. The van der Waals surface area contributed by atoms with Crippen molar-refractivity contribution in [3.8, 4) is 5.75 Å². The number of hydrazone groups is 1. The van der Waals surface area contributed by atoms with Gasteiger partial charge in [-0.2, -0.15) is 26.7 Å². The van der Waals surface area contributed by atoms with Gasteiger partial charge in [0.1, 0.15) is 10.6 Å². The summed E-state index contributed by atoms with van der Waals surface area (Å²) in [5.41, 5.74) is 0.812. The molecule has 0 aliphatic carbocycles. The molecule has 0 bridgehead atoms. The number of benzene rings is 3. The summed E-state index contributed by atoms with van der Waals surface area (Å²) in [6.07, 6.45) is -4.27. The van der Waals surface area contributed by atoms with Gasteiger partial charge >= 0.3 is 16.3 Å². The molecule has 3 aromatic carbocycles. The van der Waals surface area contributed by atoms with E-state index in [1.807, 2.05) is 0 Å². The maximum atomic E-state index is 13.3. The lowest BCUT2D eigenvalue weighted by molar-refractivity contribution is -0.137. The lowest BCUT2D eigenvalue weighted by Gasteiger charge is -2.15. The highest BCUT2D eigenvalue weighted by atomic mass is 35.5. The molecule has 0 fully saturated rings. The molecule has 3 aromatic rings. The molecule has 1 N–H and O–H groups in total. The number of nitrogens with one attached hydrogen (secondary N) is 1. The van der Waals surface area contributed by atoms with Crippen molar-refractivity contribution in [2.24, 2.45) is 5.10 Å². The van der Waals surface area contributed by atoms with Crippen LogP contribution in [-0.2, 0) is 27.5 Å². The first-order valence-electron chi connectivity index (χ1n) is 9.43. The van der Waals surface area contributed by atoms with Gasteiger partial charge in [-0.3, -0.25) is 4.79 Å². The maximum Gasteiger partial charge on any atom is 0.417 e. The van der Waals surface area contributed by atoms with Gasteiger partial charge in [-0.1, -0.05) is 53.5 Å². The number of carbonyl (C=O) groups excluding carboxylic acids is 1. The number of hydrogen-bond donors (Lipinski definition) is 1. The number of amides is 1. The zero-order valence-electron chi connectivity index (χ0n) is 17.0. The van der Waals surface area contributed by atoms with Gasteiger partial charge in [0.2, 0.25) is 5.91 Å². The third-order valence-electron chi connectivity index (χ3n) is 4.30. The minimum absolute atomic E-state index is 0.0590. The predicted octanol–water partition coefficient (Wildman–Crippen LogP) is 5.47. The molecule has 3 rings (SSSR count). The number of halogens is 5. The molecule has 0 heterocycles. The van der Waals surface area contributed by atoms with Crippen LogP contribution in [0.3, 0.4) is 0 Å². The van der Waals surface area contributed by atoms with Gasteiger partial charge in [0.25, 0.3) is 0 Å². The highest BCUT2D eigenvalue weighted by Crippen LogP contribution is 2.38. The van der Waals surface area contributed by atoms with Crippen LogP contribution < -0.4 is 9.61 Å². The van der Waals surface area contributed by atoms with Gasteiger partial charge in [0, 0.05) is 10.6 Å². The number of carbonyl (C=O) groups is 1. The van der Waals surface area contributed by atoms with Gasteiger partial charge in [-0.25, -0.2) is 5.43 Å². The first-order valence-corrected chi connectivity index (χ1v) is 11.6. The molecular weight excluding hydrogens is 516 g/mol. The van der Waals surface area contributed by atoms with Gasteiger partial charge in [-0.05, 0) is 42.0 Å². The largest absolute Gasteiger partial charge is 0.417 e. The topological polar surface area (TPSA) is 84.8 Å². The summed E-state index contributed by atoms with van der Waals surface area (Å²) in [5, 5.41) is 3.09. The first-order chi connectivity index (χ1) is 16.0. The summed E-state index contributed by atoms with van der Waals surface area (Å²) in [6, 6.07) is 15.1. The number of hydrogen-bond acceptors (Lipinski definition) is 5. The van der Waals surface area contributed by atoms with Crippen LogP contribution in [0, 0.1) is 0 Å². The van der Waals surface area contributed by atoms with Crippen molar-refractivity contribution < 1.29 is 30.6 Å². The zero-order valence-corrected chi connectivity index (χ0v) is 19.3. The number of para-hydroxylation sites is 1. The van der Waals surface area contributed by atoms with E-state index in [-0.39, 0.29) is 12.2 Å². The molecule has 6 nitrogen and oxygen atoms in total. The smallest absolute Gasteiger partial charge is 0.379 e. The Bertz CT molecular complexity index is 1330. The summed E-state index contributed by atoms with van der Waals surface area (Å²) in [5.74, 6) is -0.678. The fraction of sp³-hybridized carbons (Fsp3) is 0.0909. The van der Waals surface area contributed by atoms with Crippen LogP contribution in [-0.4, -0.2) is 20.5 Å². The van der Waals surface area contributed by atoms with E-state index in [1.54, 1.807) is 30.3 Å². The van der Waals surface area contributed by atoms with E-state index in [4.69, 9.17) is 27.4 Å². The van der Waals surface area contributed by atoms with E-state index in [2.05, 4.69) is 10.5 Å². The fourth-order valence-electron chi connectivity index (χ4n) is 2.82. The van der Waals surface area contributed by atoms with Gasteiger partial charge in [0.05, 0.1) is 23.2 Å². The Labute approximate surface area is 203 Å². The minimum atomic E-state index is -4.86. The van der Waals surface area contributed by atoms with E-state index in [1.165, 1.54) is 24.3 Å². The molecule has 34 heavy (non-hydrogen) atoms. The van der Waals surface area contributed by atoms with Crippen LogP contribution in [0.4, 0.5) is 13.2 Å². The van der Waals surface area contributed by atoms with E-state index in [0.717, 1.165) is 0 Å². The molecule has 0 radical (unpaired) electrons. The maximum absolute atomic E-state index is 13.3. The highest BCUT2D eigenvalue weighted by Gasteiger charge is 2.36. The van der Waals surface area contributed by atoms with E-state index < -0.39 is 43.2 Å². The Morgan fingerprint density at radius 1 is 1.03 bits per heavy atom. The van der Waals surface area contributed by atoms with Gasteiger partial charge in [0.15, 0.2) is 0 Å². The van der Waals surface area contributed by atoms with Crippen LogP contribution in [0.2, 0.25) is 10.0 Å². The van der Waals surface area contributed by atoms with Crippen LogP contribution in [0.5, 0.6) is 5.75 Å². The quantitative estimate of drug-likeness (QED) is 0.249. The Kier molecular flexibility index (Phi) is 7.86. The lowest BCUT2D eigenvalue weighted by atomic mass is 10.1. The van der Waals surface area contributed by atoms with Crippen molar-refractivity contribution in [3.63, 3.8) is 0 Å². The molecule has 0 aliphatic rings. The number of alkyl halides is 3. The number of nitrogens with zero attached hydrogens (tertiary/aromatic N) is 1. The SMILES string of the molecule is O=C(Cc1cccc(Cl)c1)N/N=C/c1c(S(=O)(=O)Oc2ccccc2)ccc(C(F)(F)F)c1Cl. The molecule has 178 valence electrons. The second-order valence-electron chi connectivity index (χ2n) is 6.79. The molecule has 0 unspecified atom stereocenters. The fourth-order valence-corrected chi connectivity index (χ4v) is 4.52. The molecule has 0 atom stereocenters.